The molecule has 0 saturated carbocycles. The molecule has 3 heteroatoms. The second kappa shape index (κ2) is 8.23. The maximum atomic E-state index is 11.9. The Morgan fingerprint density at radius 3 is 2.05 bits per heavy atom. The third-order valence-corrected chi connectivity index (χ3v) is 3.56. The number of aryl methyl sites for hydroxylation is 1. The van der Waals surface area contributed by atoms with Gasteiger partial charge in [-0.15, -0.1) is 0 Å². The Balaban J connectivity index is 1.89. The summed E-state index contributed by atoms with van der Waals surface area (Å²) in [5, 5.41) is 0. The summed E-state index contributed by atoms with van der Waals surface area (Å²) in [6, 6.07) is 16.3. The molecule has 2 rings (SSSR count). The van der Waals surface area contributed by atoms with Crippen LogP contribution in [0.2, 0.25) is 0 Å². The van der Waals surface area contributed by atoms with Crippen LogP contribution in [0.3, 0.4) is 0 Å². The smallest absolute Gasteiger partial charge is 0.265 e. The molecular weight excluding hydrogens is 280 g/mol. The second-order valence-electron chi connectivity index (χ2n) is 5.14. The van der Waals surface area contributed by atoms with Crippen LogP contribution in [0.5, 0.6) is 0 Å². The van der Waals surface area contributed by atoms with Gasteiger partial charge in [-0.1, -0.05) is 36.4 Å². The van der Waals surface area contributed by atoms with E-state index >= 15 is 0 Å². The third kappa shape index (κ3) is 4.92. The Labute approximate surface area is 130 Å². The number of unbranched alkanes of at least 4 members (excludes halogenated alkanes) is 2. The molecule has 0 bridgehead atoms. The minimum Gasteiger partial charge on any atom is -0.265 e. The number of benzene rings is 2. The molecule has 2 aromatic rings. The number of hydrogen-bond donors (Lipinski definition) is 0. The first-order valence-electron chi connectivity index (χ1n) is 7.36. The number of rotatable bonds is 7. The van der Waals surface area contributed by atoms with Crippen molar-refractivity contribution < 1.29 is 8.78 Å². The van der Waals surface area contributed by atoms with Crippen molar-refractivity contribution in [2.45, 2.75) is 25.7 Å². The monoisotopic (exact) mass is 299 g/mol. The summed E-state index contributed by atoms with van der Waals surface area (Å²) in [4.78, 5) is 3.88. The van der Waals surface area contributed by atoms with Gasteiger partial charge in [0.15, 0.2) is 0 Å². The van der Waals surface area contributed by atoms with Crippen LogP contribution in [-0.2, 0) is 6.42 Å². The van der Waals surface area contributed by atoms with Crippen LogP contribution >= 0.6 is 0 Å². The zero-order valence-corrected chi connectivity index (χ0v) is 12.4. The van der Waals surface area contributed by atoms with Crippen molar-refractivity contribution in [3.8, 4) is 11.1 Å². The fourth-order valence-electron chi connectivity index (χ4n) is 2.31. The molecule has 0 N–H and O–H groups in total. The molecule has 0 heterocycles. The number of nitrogens with zero attached hydrogens (tertiary/aromatic N) is 1. The van der Waals surface area contributed by atoms with Gasteiger partial charge in [-0.25, -0.2) is 0 Å². The maximum Gasteiger partial charge on any atom is 0.266 e. The molecule has 0 unspecified atom stereocenters. The van der Waals surface area contributed by atoms with Crippen LogP contribution in [0.1, 0.15) is 24.8 Å². The van der Waals surface area contributed by atoms with Gasteiger partial charge in [-0.05, 0) is 67.3 Å². The lowest BCUT2D eigenvalue weighted by Gasteiger charge is -2.05. The first-order valence-corrected chi connectivity index (χ1v) is 7.36. The summed E-state index contributed by atoms with van der Waals surface area (Å²) in [5.74, 6) is 0. The molecule has 0 fully saturated rings. The lowest BCUT2D eigenvalue weighted by Crippen LogP contribution is -1.86. The third-order valence-electron chi connectivity index (χ3n) is 3.56. The number of aliphatic imine (C=N–C) groups is 1. The van der Waals surface area contributed by atoms with Gasteiger partial charge in [0.25, 0.3) is 6.08 Å². The maximum absolute atomic E-state index is 11.9. The fourth-order valence-corrected chi connectivity index (χ4v) is 2.31. The molecule has 22 heavy (non-hydrogen) atoms. The van der Waals surface area contributed by atoms with Gasteiger partial charge in [0.1, 0.15) is 0 Å². The molecule has 0 aromatic heterocycles. The van der Waals surface area contributed by atoms with Crippen molar-refractivity contribution >= 4 is 12.4 Å². The van der Waals surface area contributed by atoms with E-state index in [1.54, 1.807) is 0 Å². The Hall–Kier alpha value is -2.29. The summed E-state index contributed by atoms with van der Waals surface area (Å²) >= 11 is 0. The van der Waals surface area contributed by atoms with E-state index < -0.39 is 6.08 Å². The highest BCUT2D eigenvalue weighted by molar-refractivity contribution is 5.66. The number of halogens is 2. The van der Waals surface area contributed by atoms with E-state index in [0.717, 1.165) is 42.2 Å². The number of hydrogen-bond acceptors (Lipinski definition) is 1. The molecule has 0 radical (unpaired) electrons. The summed E-state index contributed by atoms with van der Waals surface area (Å²) in [5.41, 5.74) is 4.39. The van der Waals surface area contributed by atoms with Gasteiger partial charge in [-0.2, -0.15) is 8.78 Å². The van der Waals surface area contributed by atoms with Crippen molar-refractivity contribution in [1.29, 1.82) is 0 Å². The molecule has 0 atom stereocenters. The van der Waals surface area contributed by atoms with Crippen LogP contribution in [0.4, 0.5) is 14.5 Å². The van der Waals surface area contributed by atoms with E-state index in [0.29, 0.717) is 6.42 Å². The van der Waals surface area contributed by atoms with E-state index in [9.17, 15) is 8.78 Å². The van der Waals surface area contributed by atoms with Crippen LogP contribution < -0.4 is 0 Å². The van der Waals surface area contributed by atoms with Gasteiger partial charge in [0, 0.05) is 0 Å². The van der Waals surface area contributed by atoms with Crippen molar-refractivity contribution in [2.24, 2.45) is 4.99 Å². The summed E-state index contributed by atoms with van der Waals surface area (Å²) in [7, 11) is 0. The SMILES string of the molecule is C=Nc1ccc(-c2ccc(CCCCC=C(F)F)cc2)cc1. The highest BCUT2D eigenvalue weighted by Crippen LogP contribution is 2.23. The van der Waals surface area contributed by atoms with Gasteiger partial charge in [0.2, 0.25) is 0 Å². The average molecular weight is 299 g/mol. The molecule has 1 nitrogen and oxygen atoms in total. The number of allylic oxidation sites excluding steroid dienone is 1. The van der Waals surface area contributed by atoms with E-state index in [1.807, 2.05) is 24.3 Å². The van der Waals surface area contributed by atoms with Crippen molar-refractivity contribution in [1.82, 2.24) is 0 Å². The van der Waals surface area contributed by atoms with E-state index in [4.69, 9.17) is 0 Å². The Kier molecular flexibility index (Phi) is 6.01. The van der Waals surface area contributed by atoms with Gasteiger partial charge in [0.05, 0.1) is 5.69 Å². The van der Waals surface area contributed by atoms with Crippen molar-refractivity contribution in [3.05, 3.63) is 66.3 Å². The summed E-state index contributed by atoms with van der Waals surface area (Å²) in [6.07, 6.45) is 2.48. The average Bonchev–Trinajstić information content (AvgIpc) is 2.55. The quantitative estimate of drug-likeness (QED) is 0.427. The minimum atomic E-state index is -1.58. The first kappa shape index (κ1) is 16.1. The van der Waals surface area contributed by atoms with Crippen molar-refractivity contribution in [3.63, 3.8) is 0 Å². The van der Waals surface area contributed by atoms with Crippen molar-refractivity contribution in [2.75, 3.05) is 0 Å². The molecule has 0 aliphatic carbocycles. The summed E-state index contributed by atoms with van der Waals surface area (Å²) in [6.45, 7) is 3.50. The normalized spacial score (nSPS) is 10.3. The lowest BCUT2D eigenvalue weighted by molar-refractivity contribution is 0.416. The molecule has 0 aliphatic heterocycles. The van der Waals surface area contributed by atoms with Crippen LogP contribution in [-0.4, -0.2) is 6.72 Å². The predicted molar refractivity (Wildman–Crippen MR) is 88.9 cm³/mol. The molecule has 0 aliphatic rings. The topological polar surface area (TPSA) is 12.4 Å². The molecule has 2 aromatic carbocycles. The Morgan fingerprint density at radius 1 is 0.909 bits per heavy atom. The van der Waals surface area contributed by atoms with Crippen LogP contribution in [0, 0.1) is 0 Å². The Morgan fingerprint density at radius 2 is 1.50 bits per heavy atom. The predicted octanol–water partition coefficient (Wildman–Crippen LogP) is 6.18. The molecular formula is C19H19F2N. The van der Waals surface area contributed by atoms with Gasteiger partial charge in [-0.3, -0.25) is 4.99 Å². The summed E-state index contributed by atoms with van der Waals surface area (Å²) < 4.78 is 23.8. The molecule has 0 spiro atoms. The highest BCUT2D eigenvalue weighted by atomic mass is 19.3. The molecule has 0 amide bonds. The zero-order chi connectivity index (χ0) is 15.8. The zero-order valence-electron chi connectivity index (χ0n) is 12.4. The first-order chi connectivity index (χ1) is 10.7. The van der Waals surface area contributed by atoms with Gasteiger partial charge < -0.3 is 0 Å². The van der Waals surface area contributed by atoms with Gasteiger partial charge >= 0.3 is 0 Å². The highest BCUT2D eigenvalue weighted by Gasteiger charge is 1.99. The van der Waals surface area contributed by atoms with Crippen LogP contribution in [0.25, 0.3) is 11.1 Å². The largest absolute Gasteiger partial charge is 0.266 e. The van der Waals surface area contributed by atoms with E-state index in [2.05, 4.69) is 36.0 Å². The second-order valence-corrected chi connectivity index (χ2v) is 5.14. The fraction of sp³-hybridized carbons (Fsp3) is 0.211. The Bertz CT molecular complexity index is 623. The molecule has 114 valence electrons. The lowest BCUT2D eigenvalue weighted by atomic mass is 10.0. The molecule has 0 saturated heterocycles. The minimum absolute atomic E-state index is 0.449. The van der Waals surface area contributed by atoms with Crippen LogP contribution in [0.15, 0.2) is 65.7 Å². The van der Waals surface area contributed by atoms with E-state index in [-0.39, 0.29) is 0 Å². The van der Waals surface area contributed by atoms with E-state index in [1.165, 1.54) is 5.56 Å². The standard InChI is InChI=1S/C19H19F2N/c1-22-18-13-11-17(12-14-18)16-9-7-15(8-10-16)5-3-2-4-6-19(20)21/h6-14H,1-5H2.